The summed E-state index contributed by atoms with van der Waals surface area (Å²) < 4.78 is 23.3. The van der Waals surface area contributed by atoms with Gasteiger partial charge in [-0.15, -0.1) is 11.3 Å². The first-order valence-corrected chi connectivity index (χ1v) is 7.57. The zero-order valence-electron chi connectivity index (χ0n) is 8.56. The van der Waals surface area contributed by atoms with Gasteiger partial charge >= 0.3 is 0 Å². The summed E-state index contributed by atoms with van der Waals surface area (Å²) in [6, 6.07) is 0. The maximum atomic E-state index is 11.7. The van der Waals surface area contributed by atoms with E-state index in [9.17, 15) is 8.42 Å². The molecule has 1 aliphatic heterocycles. The summed E-state index contributed by atoms with van der Waals surface area (Å²) in [5, 5.41) is 5.91. The Kier molecular flexibility index (Phi) is 2.83. The normalized spacial score (nSPS) is 30.2. The fourth-order valence-corrected chi connectivity index (χ4v) is 4.92. The highest BCUT2D eigenvalue weighted by Crippen LogP contribution is 2.33. The molecule has 0 aliphatic carbocycles. The molecule has 0 bridgehead atoms. The van der Waals surface area contributed by atoms with E-state index in [0.29, 0.717) is 12.2 Å². The van der Waals surface area contributed by atoms with Gasteiger partial charge in [0, 0.05) is 11.6 Å². The minimum atomic E-state index is -2.92. The second kappa shape index (κ2) is 3.84. The minimum absolute atomic E-state index is 0.171. The van der Waals surface area contributed by atoms with Gasteiger partial charge in [-0.3, -0.25) is 0 Å². The summed E-state index contributed by atoms with van der Waals surface area (Å²) in [6.07, 6.45) is 3.28. The molecular formula is C9H14N2O2S2. The number of hydrogen-bond donors (Lipinski definition) is 1. The van der Waals surface area contributed by atoms with Crippen LogP contribution in [0.15, 0.2) is 11.6 Å². The zero-order valence-corrected chi connectivity index (χ0v) is 10.2. The van der Waals surface area contributed by atoms with Gasteiger partial charge in [-0.05, 0) is 19.9 Å². The second-order valence-electron chi connectivity index (χ2n) is 3.86. The summed E-state index contributed by atoms with van der Waals surface area (Å²) in [6.45, 7) is 0. The predicted octanol–water partition coefficient (Wildman–Crippen LogP) is 0.766. The van der Waals surface area contributed by atoms with Gasteiger partial charge in [0.2, 0.25) is 0 Å². The number of aromatic nitrogens is 1. The van der Waals surface area contributed by atoms with Crippen LogP contribution in [0.3, 0.4) is 0 Å². The molecule has 84 valence electrons. The Morgan fingerprint density at radius 3 is 2.93 bits per heavy atom. The topological polar surface area (TPSA) is 59.1 Å². The summed E-state index contributed by atoms with van der Waals surface area (Å²) in [5.41, 5.74) is -0.453. The van der Waals surface area contributed by atoms with Gasteiger partial charge < -0.3 is 5.32 Å². The summed E-state index contributed by atoms with van der Waals surface area (Å²) >= 11 is 1.52. The van der Waals surface area contributed by atoms with E-state index in [1.54, 1.807) is 6.20 Å². The van der Waals surface area contributed by atoms with E-state index in [1.165, 1.54) is 11.3 Å². The van der Waals surface area contributed by atoms with E-state index in [-0.39, 0.29) is 5.75 Å². The van der Waals surface area contributed by atoms with E-state index >= 15 is 0 Å². The van der Waals surface area contributed by atoms with Crippen LogP contribution in [-0.4, -0.2) is 32.0 Å². The van der Waals surface area contributed by atoms with Crippen molar-refractivity contribution in [1.82, 2.24) is 10.3 Å². The Morgan fingerprint density at radius 1 is 1.60 bits per heavy atom. The molecule has 1 aliphatic rings. The van der Waals surface area contributed by atoms with E-state index in [4.69, 9.17) is 0 Å². The van der Waals surface area contributed by atoms with Crippen molar-refractivity contribution in [2.75, 3.05) is 18.6 Å². The average molecular weight is 246 g/mol. The smallest absolute Gasteiger partial charge is 0.152 e. The average Bonchev–Trinajstić information content (AvgIpc) is 2.69. The Balaban J connectivity index is 2.38. The van der Waals surface area contributed by atoms with Crippen molar-refractivity contribution < 1.29 is 8.42 Å². The summed E-state index contributed by atoms with van der Waals surface area (Å²) in [5.74, 6) is 0.478. The fourth-order valence-electron chi connectivity index (χ4n) is 2.05. The van der Waals surface area contributed by atoms with Crippen molar-refractivity contribution in [3.05, 3.63) is 16.6 Å². The highest BCUT2D eigenvalue weighted by Gasteiger charge is 2.41. The lowest BCUT2D eigenvalue weighted by Gasteiger charge is -2.34. The fraction of sp³-hybridized carbons (Fsp3) is 0.667. The van der Waals surface area contributed by atoms with Gasteiger partial charge in [0.1, 0.15) is 5.01 Å². The molecule has 0 spiro atoms. The first kappa shape index (κ1) is 11.0. The highest BCUT2D eigenvalue weighted by molar-refractivity contribution is 7.91. The van der Waals surface area contributed by atoms with E-state index in [2.05, 4.69) is 10.3 Å². The molecule has 1 N–H and O–H groups in total. The van der Waals surface area contributed by atoms with Gasteiger partial charge in [-0.25, -0.2) is 13.4 Å². The van der Waals surface area contributed by atoms with Crippen molar-refractivity contribution in [2.45, 2.75) is 18.4 Å². The summed E-state index contributed by atoms with van der Waals surface area (Å²) in [7, 11) is -1.12. The lowest BCUT2D eigenvalue weighted by atomic mass is 9.96. The molecule has 0 amide bonds. The van der Waals surface area contributed by atoms with Crippen LogP contribution < -0.4 is 5.32 Å². The molecule has 1 fully saturated rings. The third-order valence-corrected chi connectivity index (χ3v) is 5.67. The number of sulfone groups is 1. The van der Waals surface area contributed by atoms with Gasteiger partial charge in [0.15, 0.2) is 9.84 Å². The number of nitrogens with one attached hydrogen (secondary N) is 1. The van der Waals surface area contributed by atoms with Gasteiger partial charge in [0.05, 0.1) is 17.0 Å². The highest BCUT2D eigenvalue weighted by atomic mass is 32.2. The maximum absolute atomic E-state index is 11.7. The van der Waals surface area contributed by atoms with Gasteiger partial charge in [-0.2, -0.15) is 0 Å². The van der Waals surface area contributed by atoms with Crippen LogP contribution in [-0.2, 0) is 15.4 Å². The van der Waals surface area contributed by atoms with Crippen molar-refractivity contribution in [2.24, 2.45) is 0 Å². The van der Waals surface area contributed by atoms with Gasteiger partial charge in [-0.1, -0.05) is 0 Å². The SMILES string of the molecule is CNC1(c2nccs2)CCCS(=O)(=O)C1. The van der Waals surface area contributed by atoms with Crippen molar-refractivity contribution in [3.63, 3.8) is 0 Å². The largest absolute Gasteiger partial charge is 0.308 e. The van der Waals surface area contributed by atoms with Crippen LogP contribution in [0.2, 0.25) is 0 Å². The van der Waals surface area contributed by atoms with E-state index in [1.807, 2.05) is 12.4 Å². The summed E-state index contributed by atoms with van der Waals surface area (Å²) in [4.78, 5) is 4.24. The molecule has 0 aromatic carbocycles. The third-order valence-electron chi connectivity index (χ3n) is 2.85. The molecule has 1 unspecified atom stereocenters. The first-order chi connectivity index (χ1) is 7.08. The predicted molar refractivity (Wildman–Crippen MR) is 60.7 cm³/mol. The lowest BCUT2D eigenvalue weighted by Crippen LogP contribution is -2.49. The van der Waals surface area contributed by atoms with Crippen molar-refractivity contribution in [3.8, 4) is 0 Å². The molecule has 15 heavy (non-hydrogen) atoms. The Hall–Kier alpha value is -0.460. The quantitative estimate of drug-likeness (QED) is 0.837. The Morgan fingerprint density at radius 2 is 2.40 bits per heavy atom. The number of nitrogens with zero attached hydrogens (tertiary/aromatic N) is 1. The molecular weight excluding hydrogens is 232 g/mol. The zero-order chi connectivity index (χ0) is 10.9. The second-order valence-corrected chi connectivity index (χ2v) is 6.94. The van der Waals surface area contributed by atoms with Crippen LogP contribution in [0.25, 0.3) is 0 Å². The maximum Gasteiger partial charge on any atom is 0.152 e. The molecule has 2 heterocycles. The molecule has 0 radical (unpaired) electrons. The molecule has 0 saturated carbocycles. The number of thiazole rings is 1. The van der Waals surface area contributed by atoms with Crippen LogP contribution in [0.1, 0.15) is 17.8 Å². The van der Waals surface area contributed by atoms with Crippen LogP contribution in [0, 0.1) is 0 Å². The molecule has 1 aromatic heterocycles. The Labute approximate surface area is 93.7 Å². The third kappa shape index (κ3) is 2.07. The van der Waals surface area contributed by atoms with Crippen molar-refractivity contribution in [1.29, 1.82) is 0 Å². The monoisotopic (exact) mass is 246 g/mol. The molecule has 6 heteroatoms. The standard InChI is InChI=1S/C9H14N2O2S2/c1-10-9(8-11-4-5-14-8)3-2-6-15(12,13)7-9/h4-5,10H,2-3,6-7H2,1H3. The van der Waals surface area contributed by atoms with E-state index < -0.39 is 15.4 Å². The van der Waals surface area contributed by atoms with Crippen LogP contribution in [0.4, 0.5) is 0 Å². The number of hydrogen-bond acceptors (Lipinski definition) is 5. The first-order valence-electron chi connectivity index (χ1n) is 4.87. The van der Waals surface area contributed by atoms with Gasteiger partial charge in [0.25, 0.3) is 0 Å². The molecule has 1 atom stereocenters. The van der Waals surface area contributed by atoms with Crippen LogP contribution in [0.5, 0.6) is 0 Å². The minimum Gasteiger partial charge on any atom is -0.308 e. The molecule has 1 aromatic rings. The molecule has 4 nitrogen and oxygen atoms in total. The number of rotatable bonds is 2. The molecule has 1 saturated heterocycles. The van der Waals surface area contributed by atoms with Crippen LogP contribution >= 0.6 is 11.3 Å². The Bertz CT molecular complexity index is 427. The lowest BCUT2D eigenvalue weighted by molar-refractivity contribution is 0.351. The van der Waals surface area contributed by atoms with Crippen molar-refractivity contribution >= 4 is 21.2 Å². The molecule has 2 rings (SSSR count). The van der Waals surface area contributed by atoms with E-state index in [0.717, 1.165) is 11.4 Å².